The number of carbonyl (C=O) groups is 2. The Morgan fingerprint density at radius 1 is 1.23 bits per heavy atom. The molecule has 9 nitrogen and oxygen atoms in total. The number of rotatable bonds is 8. The lowest BCUT2D eigenvalue weighted by molar-refractivity contribution is -0.166. The number of pyridine rings is 1. The van der Waals surface area contributed by atoms with E-state index < -0.39 is 17.9 Å². The number of aromatic nitrogens is 1. The molecule has 0 bridgehead atoms. The summed E-state index contributed by atoms with van der Waals surface area (Å²) in [4.78, 5) is 31.4. The minimum atomic E-state index is -0.716. The molecule has 0 aromatic carbocycles. The third-order valence-corrected chi connectivity index (χ3v) is 4.84. The number of amides is 2. The Balaban J connectivity index is 1.78. The summed E-state index contributed by atoms with van der Waals surface area (Å²) in [6.45, 7) is 1.63. The van der Waals surface area contributed by atoms with E-state index >= 15 is 0 Å². The van der Waals surface area contributed by atoms with Crippen LogP contribution in [0.15, 0.2) is 23.3 Å². The molecule has 0 fully saturated rings. The number of nitrogens with zero attached hydrogens (tertiary/aromatic N) is 4. The number of aromatic hydroxyl groups is 1. The SMILES string of the molecule is CC(=O)N(O)CCCCCN(O)C(=O)[C@H]1CSC(c2ncccc2O)=N1. The second kappa shape index (κ2) is 9.51. The van der Waals surface area contributed by atoms with Crippen molar-refractivity contribution in [3.8, 4) is 5.75 Å². The van der Waals surface area contributed by atoms with Crippen molar-refractivity contribution in [1.29, 1.82) is 0 Å². The van der Waals surface area contributed by atoms with E-state index in [9.17, 15) is 25.1 Å². The maximum atomic E-state index is 12.2. The van der Waals surface area contributed by atoms with Crippen LogP contribution in [0, 0.1) is 0 Å². The molecular weight excluding hydrogens is 360 g/mol. The average molecular weight is 382 g/mol. The molecule has 0 radical (unpaired) electrons. The van der Waals surface area contributed by atoms with Crippen molar-refractivity contribution >= 4 is 28.6 Å². The molecule has 1 aromatic rings. The van der Waals surface area contributed by atoms with Gasteiger partial charge in [0.1, 0.15) is 22.5 Å². The van der Waals surface area contributed by atoms with Gasteiger partial charge in [-0.1, -0.05) is 0 Å². The number of aliphatic imine (C=N–C) groups is 1. The normalized spacial score (nSPS) is 16.3. The molecule has 1 aliphatic heterocycles. The molecule has 0 unspecified atom stereocenters. The van der Waals surface area contributed by atoms with E-state index in [1.165, 1.54) is 30.9 Å². The van der Waals surface area contributed by atoms with Crippen molar-refractivity contribution in [1.82, 2.24) is 15.1 Å². The van der Waals surface area contributed by atoms with Crippen LogP contribution >= 0.6 is 11.8 Å². The van der Waals surface area contributed by atoms with Crippen LogP contribution in [-0.2, 0) is 9.59 Å². The van der Waals surface area contributed by atoms with Gasteiger partial charge in [-0.15, -0.1) is 11.8 Å². The minimum absolute atomic E-state index is 0.00353. The molecule has 3 N–H and O–H groups in total. The predicted molar refractivity (Wildman–Crippen MR) is 95.2 cm³/mol. The third-order valence-electron chi connectivity index (χ3n) is 3.78. The fourth-order valence-electron chi connectivity index (χ4n) is 2.33. The van der Waals surface area contributed by atoms with Gasteiger partial charge in [-0.2, -0.15) is 0 Å². The van der Waals surface area contributed by atoms with Gasteiger partial charge in [0, 0.05) is 32.0 Å². The molecule has 10 heteroatoms. The van der Waals surface area contributed by atoms with Crippen molar-refractivity contribution < 1.29 is 25.1 Å². The molecule has 26 heavy (non-hydrogen) atoms. The highest BCUT2D eigenvalue weighted by Gasteiger charge is 2.30. The topological polar surface area (TPSA) is 127 Å². The molecule has 0 aliphatic carbocycles. The molecule has 2 amide bonds. The molecule has 142 valence electrons. The number of hydrogen-bond acceptors (Lipinski definition) is 8. The predicted octanol–water partition coefficient (Wildman–Crippen LogP) is 1.27. The first-order valence-electron chi connectivity index (χ1n) is 8.22. The van der Waals surface area contributed by atoms with Crippen LogP contribution in [0.4, 0.5) is 0 Å². The maximum Gasteiger partial charge on any atom is 0.271 e. The molecule has 1 aromatic heterocycles. The highest BCUT2D eigenvalue weighted by atomic mass is 32.2. The molecule has 0 saturated carbocycles. The number of hydroxylamine groups is 4. The van der Waals surface area contributed by atoms with E-state index in [1.54, 1.807) is 6.07 Å². The first-order valence-corrected chi connectivity index (χ1v) is 9.21. The van der Waals surface area contributed by atoms with Gasteiger partial charge >= 0.3 is 0 Å². The summed E-state index contributed by atoms with van der Waals surface area (Å²) in [6.07, 6.45) is 3.28. The van der Waals surface area contributed by atoms with E-state index in [1.807, 2.05) is 0 Å². The lowest BCUT2D eigenvalue weighted by atomic mass is 10.2. The monoisotopic (exact) mass is 382 g/mol. The molecule has 0 spiro atoms. The fraction of sp³-hybridized carbons (Fsp3) is 0.500. The van der Waals surface area contributed by atoms with Crippen molar-refractivity contribution in [2.45, 2.75) is 32.2 Å². The minimum Gasteiger partial charge on any atom is -0.506 e. The summed E-state index contributed by atoms with van der Waals surface area (Å²) in [5.41, 5.74) is 0.330. The lowest BCUT2D eigenvalue weighted by Crippen LogP contribution is -2.37. The number of hydrogen-bond donors (Lipinski definition) is 3. The standard InChI is InChI=1S/C16H22N4O5S/c1-11(21)19(24)8-3-2-4-9-20(25)16(23)12-10-26-15(18-12)14-13(22)6-5-7-17-14/h5-7,12,22,24-25H,2-4,8-10H2,1H3/t12-/m1/s1. The summed E-state index contributed by atoms with van der Waals surface area (Å²) in [5, 5.41) is 30.7. The highest BCUT2D eigenvalue weighted by Crippen LogP contribution is 2.27. The fourth-order valence-corrected chi connectivity index (χ4v) is 3.36. The van der Waals surface area contributed by atoms with Gasteiger partial charge in [0.05, 0.1) is 0 Å². The van der Waals surface area contributed by atoms with Crippen molar-refractivity contribution in [3.05, 3.63) is 24.0 Å². The summed E-state index contributed by atoms with van der Waals surface area (Å²) in [6, 6.07) is 2.38. The van der Waals surface area contributed by atoms with E-state index in [0.29, 0.717) is 45.9 Å². The quantitative estimate of drug-likeness (QED) is 0.351. The van der Waals surface area contributed by atoms with E-state index in [4.69, 9.17) is 0 Å². The Labute approximate surface area is 155 Å². The second-order valence-electron chi connectivity index (χ2n) is 5.80. The zero-order valence-electron chi connectivity index (χ0n) is 14.4. The Morgan fingerprint density at radius 2 is 1.92 bits per heavy atom. The zero-order valence-corrected chi connectivity index (χ0v) is 15.2. The number of carbonyl (C=O) groups excluding carboxylic acids is 2. The van der Waals surface area contributed by atoms with Crippen LogP contribution in [0.25, 0.3) is 0 Å². The van der Waals surface area contributed by atoms with E-state index in [-0.39, 0.29) is 18.8 Å². The Morgan fingerprint density at radius 3 is 2.58 bits per heavy atom. The van der Waals surface area contributed by atoms with Gasteiger partial charge in [0.25, 0.3) is 5.91 Å². The Kier molecular flexibility index (Phi) is 7.37. The summed E-state index contributed by atoms with van der Waals surface area (Å²) >= 11 is 1.30. The van der Waals surface area contributed by atoms with Crippen LogP contribution in [-0.4, -0.2) is 72.4 Å². The number of unbranched alkanes of at least 4 members (excludes halogenated alkanes) is 2. The molecule has 1 aliphatic rings. The van der Waals surface area contributed by atoms with Crippen LogP contribution in [0.5, 0.6) is 5.75 Å². The van der Waals surface area contributed by atoms with E-state index in [0.717, 1.165) is 0 Å². The zero-order chi connectivity index (χ0) is 19.1. The first-order chi connectivity index (χ1) is 12.4. The lowest BCUT2D eigenvalue weighted by Gasteiger charge is -2.17. The van der Waals surface area contributed by atoms with Crippen molar-refractivity contribution in [2.75, 3.05) is 18.8 Å². The van der Waals surface area contributed by atoms with Crippen molar-refractivity contribution in [2.24, 2.45) is 4.99 Å². The van der Waals surface area contributed by atoms with Crippen LogP contribution in [0.2, 0.25) is 0 Å². The van der Waals surface area contributed by atoms with Crippen molar-refractivity contribution in [3.63, 3.8) is 0 Å². The van der Waals surface area contributed by atoms with E-state index in [2.05, 4.69) is 9.98 Å². The van der Waals surface area contributed by atoms with Gasteiger partial charge in [0.15, 0.2) is 0 Å². The first kappa shape index (κ1) is 20.1. The summed E-state index contributed by atoms with van der Waals surface area (Å²) in [7, 11) is 0. The molecule has 2 rings (SSSR count). The molecule has 0 saturated heterocycles. The largest absolute Gasteiger partial charge is 0.506 e. The molecule has 2 heterocycles. The molecule has 1 atom stereocenters. The summed E-state index contributed by atoms with van der Waals surface area (Å²) < 4.78 is 0. The molecular formula is C16H22N4O5S. The average Bonchev–Trinajstić information content (AvgIpc) is 3.10. The number of thioether (sulfide) groups is 1. The Hall–Kier alpha value is -2.17. The van der Waals surface area contributed by atoms with Gasteiger partial charge in [-0.25, -0.2) is 10.1 Å². The van der Waals surface area contributed by atoms with Gasteiger partial charge in [0.2, 0.25) is 5.91 Å². The maximum absolute atomic E-state index is 12.2. The van der Waals surface area contributed by atoms with Crippen LogP contribution in [0.1, 0.15) is 31.9 Å². The highest BCUT2D eigenvalue weighted by molar-refractivity contribution is 8.14. The van der Waals surface area contributed by atoms with Crippen LogP contribution < -0.4 is 0 Å². The summed E-state index contributed by atoms with van der Waals surface area (Å²) in [5.74, 6) is -0.554. The second-order valence-corrected chi connectivity index (χ2v) is 6.81. The van der Waals surface area contributed by atoms with Gasteiger partial charge < -0.3 is 5.11 Å². The van der Waals surface area contributed by atoms with Crippen LogP contribution in [0.3, 0.4) is 0 Å². The van der Waals surface area contributed by atoms with Gasteiger partial charge in [-0.3, -0.25) is 30.0 Å². The third kappa shape index (κ3) is 5.41. The smallest absolute Gasteiger partial charge is 0.271 e. The Bertz CT molecular complexity index is 684. The van der Waals surface area contributed by atoms with Gasteiger partial charge in [-0.05, 0) is 31.4 Å².